The van der Waals surface area contributed by atoms with E-state index in [1.54, 1.807) is 0 Å². The normalized spacial score (nSPS) is 19.1. The van der Waals surface area contributed by atoms with E-state index >= 15 is 0 Å². The van der Waals surface area contributed by atoms with Crippen molar-refractivity contribution in [3.05, 3.63) is 35.9 Å². The molecule has 0 saturated carbocycles. The van der Waals surface area contributed by atoms with Gasteiger partial charge in [-0.3, -0.25) is 4.79 Å². The van der Waals surface area contributed by atoms with Crippen LogP contribution in [0.25, 0.3) is 0 Å². The molecule has 1 aromatic carbocycles. The van der Waals surface area contributed by atoms with Crippen molar-refractivity contribution in [3.8, 4) is 0 Å². The summed E-state index contributed by atoms with van der Waals surface area (Å²) in [6.45, 7) is 5.61. The van der Waals surface area contributed by atoms with Crippen molar-refractivity contribution < 1.29 is 4.79 Å². The SMILES string of the molecule is CCN(CCc1ccccc1)C(=O)C1CCCNC1. The summed E-state index contributed by atoms with van der Waals surface area (Å²) in [5.41, 5.74) is 1.30. The van der Waals surface area contributed by atoms with Crippen LogP contribution in [0.15, 0.2) is 30.3 Å². The molecule has 1 amide bonds. The molecule has 1 heterocycles. The minimum Gasteiger partial charge on any atom is -0.342 e. The number of benzene rings is 1. The van der Waals surface area contributed by atoms with Crippen LogP contribution in [-0.4, -0.2) is 37.0 Å². The van der Waals surface area contributed by atoms with Gasteiger partial charge in [0.1, 0.15) is 0 Å². The van der Waals surface area contributed by atoms with Gasteiger partial charge in [0.25, 0.3) is 0 Å². The molecular weight excluding hydrogens is 236 g/mol. The maximum Gasteiger partial charge on any atom is 0.226 e. The first-order valence-corrected chi connectivity index (χ1v) is 7.34. The monoisotopic (exact) mass is 260 g/mol. The highest BCUT2D eigenvalue weighted by molar-refractivity contribution is 5.79. The number of carbonyl (C=O) groups is 1. The molecule has 1 unspecified atom stereocenters. The lowest BCUT2D eigenvalue weighted by Crippen LogP contribution is -2.43. The lowest BCUT2D eigenvalue weighted by atomic mass is 9.98. The summed E-state index contributed by atoms with van der Waals surface area (Å²) in [7, 11) is 0. The van der Waals surface area contributed by atoms with Crippen molar-refractivity contribution in [2.75, 3.05) is 26.2 Å². The van der Waals surface area contributed by atoms with Crippen molar-refractivity contribution >= 4 is 5.91 Å². The molecule has 2 rings (SSSR count). The van der Waals surface area contributed by atoms with Gasteiger partial charge in [-0.25, -0.2) is 0 Å². The Morgan fingerprint density at radius 2 is 2.16 bits per heavy atom. The minimum absolute atomic E-state index is 0.185. The average molecular weight is 260 g/mol. The molecule has 0 aliphatic carbocycles. The lowest BCUT2D eigenvalue weighted by molar-refractivity contribution is -0.135. The number of hydrogen-bond acceptors (Lipinski definition) is 2. The number of carbonyl (C=O) groups excluding carboxylic acids is 1. The van der Waals surface area contributed by atoms with Gasteiger partial charge in [-0.2, -0.15) is 0 Å². The van der Waals surface area contributed by atoms with Crippen LogP contribution in [0.2, 0.25) is 0 Å². The molecule has 1 N–H and O–H groups in total. The Morgan fingerprint density at radius 3 is 2.79 bits per heavy atom. The zero-order chi connectivity index (χ0) is 13.5. The summed E-state index contributed by atoms with van der Waals surface area (Å²) in [5, 5.41) is 3.32. The fourth-order valence-electron chi connectivity index (χ4n) is 2.65. The van der Waals surface area contributed by atoms with E-state index in [0.29, 0.717) is 5.91 Å². The first kappa shape index (κ1) is 14.1. The van der Waals surface area contributed by atoms with Crippen molar-refractivity contribution in [2.24, 2.45) is 5.92 Å². The van der Waals surface area contributed by atoms with E-state index in [-0.39, 0.29) is 5.92 Å². The molecule has 0 radical (unpaired) electrons. The predicted molar refractivity (Wildman–Crippen MR) is 78.0 cm³/mol. The summed E-state index contributed by atoms with van der Waals surface area (Å²) >= 11 is 0. The van der Waals surface area contributed by atoms with E-state index in [9.17, 15) is 4.79 Å². The second-order valence-electron chi connectivity index (χ2n) is 5.20. The third-order valence-corrected chi connectivity index (χ3v) is 3.85. The van der Waals surface area contributed by atoms with Gasteiger partial charge in [0, 0.05) is 19.6 Å². The topological polar surface area (TPSA) is 32.3 Å². The molecule has 0 bridgehead atoms. The van der Waals surface area contributed by atoms with Crippen molar-refractivity contribution in [1.29, 1.82) is 0 Å². The zero-order valence-electron chi connectivity index (χ0n) is 11.8. The average Bonchev–Trinajstić information content (AvgIpc) is 2.49. The maximum atomic E-state index is 12.4. The van der Waals surface area contributed by atoms with E-state index in [1.165, 1.54) is 5.56 Å². The fraction of sp³-hybridized carbons (Fsp3) is 0.562. The van der Waals surface area contributed by atoms with Gasteiger partial charge < -0.3 is 10.2 Å². The van der Waals surface area contributed by atoms with Gasteiger partial charge in [0.2, 0.25) is 5.91 Å². The maximum absolute atomic E-state index is 12.4. The van der Waals surface area contributed by atoms with Crippen LogP contribution >= 0.6 is 0 Å². The zero-order valence-corrected chi connectivity index (χ0v) is 11.8. The predicted octanol–water partition coefficient (Wildman–Crippen LogP) is 2.08. The summed E-state index contributed by atoms with van der Waals surface area (Å²) in [6, 6.07) is 10.4. The second-order valence-corrected chi connectivity index (χ2v) is 5.20. The van der Waals surface area contributed by atoms with Crippen molar-refractivity contribution in [1.82, 2.24) is 10.2 Å². The number of piperidine rings is 1. The smallest absolute Gasteiger partial charge is 0.226 e. The van der Waals surface area contributed by atoms with Crippen LogP contribution in [0, 0.1) is 5.92 Å². The van der Waals surface area contributed by atoms with Gasteiger partial charge >= 0.3 is 0 Å². The molecule has 1 aliphatic heterocycles. The quantitative estimate of drug-likeness (QED) is 0.879. The van der Waals surface area contributed by atoms with Crippen LogP contribution in [0.5, 0.6) is 0 Å². The first-order valence-electron chi connectivity index (χ1n) is 7.34. The third-order valence-electron chi connectivity index (χ3n) is 3.85. The molecule has 1 aliphatic rings. The molecule has 0 aromatic heterocycles. The third kappa shape index (κ3) is 4.06. The summed E-state index contributed by atoms with van der Waals surface area (Å²) in [6.07, 6.45) is 3.10. The Morgan fingerprint density at radius 1 is 1.37 bits per heavy atom. The van der Waals surface area contributed by atoms with Crippen molar-refractivity contribution in [3.63, 3.8) is 0 Å². The molecule has 104 valence electrons. The largest absolute Gasteiger partial charge is 0.342 e. The molecule has 1 aromatic rings. The van der Waals surface area contributed by atoms with Crippen LogP contribution < -0.4 is 5.32 Å². The van der Waals surface area contributed by atoms with Crippen LogP contribution in [0.3, 0.4) is 0 Å². The van der Waals surface area contributed by atoms with E-state index in [4.69, 9.17) is 0 Å². The molecule has 3 nitrogen and oxygen atoms in total. The molecular formula is C16H24N2O. The van der Waals surface area contributed by atoms with Crippen LogP contribution in [-0.2, 0) is 11.2 Å². The molecule has 1 atom stereocenters. The summed E-state index contributed by atoms with van der Waals surface area (Å²) < 4.78 is 0. The molecule has 3 heteroatoms. The van der Waals surface area contributed by atoms with E-state index < -0.39 is 0 Å². The first-order chi connectivity index (χ1) is 9.31. The Labute approximate surface area is 116 Å². The second kappa shape index (κ2) is 7.29. The van der Waals surface area contributed by atoms with Gasteiger partial charge in [-0.05, 0) is 38.3 Å². The van der Waals surface area contributed by atoms with Crippen molar-refractivity contribution in [2.45, 2.75) is 26.2 Å². The van der Waals surface area contributed by atoms with Crippen LogP contribution in [0.1, 0.15) is 25.3 Å². The molecule has 1 saturated heterocycles. The number of nitrogens with one attached hydrogen (secondary N) is 1. The molecule has 19 heavy (non-hydrogen) atoms. The Balaban J connectivity index is 1.86. The van der Waals surface area contributed by atoms with Crippen LogP contribution in [0.4, 0.5) is 0 Å². The number of nitrogens with zero attached hydrogens (tertiary/aromatic N) is 1. The highest BCUT2D eigenvalue weighted by Gasteiger charge is 2.24. The molecule has 0 spiro atoms. The number of rotatable bonds is 5. The summed E-state index contributed by atoms with van der Waals surface area (Å²) in [4.78, 5) is 14.4. The van der Waals surface area contributed by atoms with E-state index in [0.717, 1.165) is 45.4 Å². The van der Waals surface area contributed by atoms with Gasteiger partial charge in [-0.15, -0.1) is 0 Å². The Hall–Kier alpha value is -1.35. The Bertz CT molecular complexity index is 385. The number of hydrogen-bond donors (Lipinski definition) is 1. The highest BCUT2D eigenvalue weighted by atomic mass is 16.2. The summed E-state index contributed by atoms with van der Waals surface area (Å²) in [5.74, 6) is 0.509. The van der Waals surface area contributed by atoms with Gasteiger partial charge in [-0.1, -0.05) is 30.3 Å². The number of likely N-dealkylation sites (N-methyl/N-ethyl adjacent to an activating group) is 1. The van der Waals surface area contributed by atoms with E-state index in [2.05, 4.69) is 36.5 Å². The standard InChI is InChI=1S/C16H24N2O/c1-2-18(12-10-14-7-4-3-5-8-14)16(19)15-9-6-11-17-13-15/h3-5,7-8,15,17H,2,6,9-13H2,1H3. The fourth-order valence-corrected chi connectivity index (χ4v) is 2.65. The van der Waals surface area contributed by atoms with Gasteiger partial charge in [0.05, 0.1) is 5.92 Å². The van der Waals surface area contributed by atoms with Gasteiger partial charge in [0.15, 0.2) is 0 Å². The van der Waals surface area contributed by atoms with E-state index in [1.807, 2.05) is 11.0 Å². The highest BCUT2D eigenvalue weighted by Crippen LogP contribution is 2.14. The minimum atomic E-state index is 0.185. The number of amides is 1. The lowest BCUT2D eigenvalue weighted by Gasteiger charge is -2.29. The Kier molecular flexibility index (Phi) is 5.40. The molecule has 1 fully saturated rings.